The van der Waals surface area contributed by atoms with Crippen molar-refractivity contribution in [3.8, 4) is 0 Å². The normalized spacial score (nSPS) is 24.2. The lowest BCUT2D eigenvalue weighted by Crippen LogP contribution is -2.35. The van der Waals surface area contributed by atoms with E-state index in [2.05, 4.69) is 0 Å². The van der Waals surface area contributed by atoms with Crippen LogP contribution in [-0.4, -0.2) is 34.7 Å². The molecule has 0 aromatic heterocycles. The summed E-state index contributed by atoms with van der Waals surface area (Å²) in [4.78, 5) is 22.6. The lowest BCUT2D eigenvalue weighted by atomic mass is 10.4. The van der Waals surface area contributed by atoms with Crippen molar-refractivity contribution in [2.75, 3.05) is 6.54 Å². The number of imide groups is 1. The molecule has 0 radical (unpaired) electrons. The van der Waals surface area contributed by atoms with Gasteiger partial charge < -0.3 is 5.11 Å². The van der Waals surface area contributed by atoms with Crippen LogP contribution in [0.4, 0.5) is 4.79 Å². The van der Waals surface area contributed by atoms with Gasteiger partial charge in [-0.15, -0.1) is 0 Å². The van der Waals surface area contributed by atoms with E-state index in [1.54, 1.807) is 0 Å². The molecular formula is C6H10N2O3. The molecular weight excluding hydrogens is 148 g/mol. The number of rotatable bonds is 2. The number of carbonyl (C=O) groups is 2. The standard InChI is InChI=1S/C6H10N2O3/c1-2-3-8-5(10)4(9)7-6(8)11/h5,10H,2-3H2,1H3,(H,7,9,11). The second-order valence-corrected chi connectivity index (χ2v) is 2.36. The van der Waals surface area contributed by atoms with Crippen LogP contribution in [0.2, 0.25) is 0 Å². The Kier molecular flexibility index (Phi) is 2.09. The second kappa shape index (κ2) is 2.87. The minimum absolute atomic E-state index is 0.402. The monoisotopic (exact) mass is 158 g/mol. The summed E-state index contributed by atoms with van der Waals surface area (Å²) in [7, 11) is 0. The van der Waals surface area contributed by atoms with Gasteiger partial charge in [0.1, 0.15) is 0 Å². The van der Waals surface area contributed by atoms with Crippen molar-refractivity contribution in [2.24, 2.45) is 0 Å². The molecule has 5 nitrogen and oxygen atoms in total. The Hall–Kier alpha value is -1.10. The lowest BCUT2D eigenvalue weighted by molar-refractivity contribution is -0.130. The van der Waals surface area contributed by atoms with Crippen molar-refractivity contribution in [3.05, 3.63) is 0 Å². The van der Waals surface area contributed by atoms with Crippen molar-refractivity contribution >= 4 is 11.9 Å². The molecule has 1 aliphatic rings. The van der Waals surface area contributed by atoms with Gasteiger partial charge >= 0.3 is 6.03 Å². The molecule has 1 unspecified atom stereocenters. The zero-order valence-electron chi connectivity index (χ0n) is 6.20. The number of hydrogen-bond donors (Lipinski definition) is 2. The first kappa shape index (κ1) is 8.00. The summed E-state index contributed by atoms with van der Waals surface area (Å²) in [5.74, 6) is -0.636. The van der Waals surface area contributed by atoms with Gasteiger partial charge in [-0.05, 0) is 6.42 Å². The number of carbonyl (C=O) groups excluding carboxylic acids is 2. The van der Waals surface area contributed by atoms with Crippen LogP contribution in [0.1, 0.15) is 13.3 Å². The van der Waals surface area contributed by atoms with Crippen LogP contribution in [-0.2, 0) is 4.79 Å². The first-order valence-corrected chi connectivity index (χ1v) is 3.46. The van der Waals surface area contributed by atoms with E-state index in [0.29, 0.717) is 6.54 Å². The van der Waals surface area contributed by atoms with Gasteiger partial charge in [0.05, 0.1) is 0 Å². The van der Waals surface area contributed by atoms with Crippen molar-refractivity contribution in [1.82, 2.24) is 10.2 Å². The summed E-state index contributed by atoms with van der Waals surface area (Å²) in [5.41, 5.74) is 0. The average Bonchev–Trinajstić information content (AvgIpc) is 2.17. The molecule has 5 heteroatoms. The summed E-state index contributed by atoms with van der Waals surface area (Å²) in [5, 5.41) is 11.1. The average molecular weight is 158 g/mol. The number of amides is 3. The smallest absolute Gasteiger partial charge is 0.326 e. The van der Waals surface area contributed by atoms with Crippen molar-refractivity contribution in [2.45, 2.75) is 19.6 Å². The molecule has 0 saturated carbocycles. The molecule has 0 bridgehead atoms. The van der Waals surface area contributed by atoms with E-state index in [9.17, 15) is 9.59 Å². The first-order valence-electron chi connectivity index (χ1n) is 3.46. The molecule has 1 saturated heterocycles. The van der Waals surface area contributed by atoms with Crippen LogP contribution < -0.4 is 5.32 Å². The van der Waals surface area contributed by atoms with E-state index in [-0.39, 0.29) is 0 Å². The fourth-order valence-electron chi connectivity index (χ4n) is 0.959. The summed E-state index contributed by atoms with van der Waals surface area (Å²) >= 11 is 0. The number of nitrogens with one attached hydrogen (secondary N) is 1. The van der Waals surface area contributed by atoms with E-state index in [4.69, 9.17) is 5.11 Å². The van der Waals surface area contributed by atoms with E-state index in [1.807, 2.05) is 12.2 Å². The predicted octanol–water partition coefficient (Wildman–Crippen LogP) is -0.733. The summed E-state index contributed by atoms with van der Waals surface area (Å²) in [6, 6.07) is -0.510. The van der Waals surface area contributed by atoms with Gasteiger partial charge in [-0.1, -0.05) is 6.92 Å². The van der Waals surface area contributed by atoms with Crippen LogP contribution in [0.3, 0.4) is 0 Å². The molecule has 0 aliphatic carbocycles. The van der Waals surface area contributed by atoms with E-state index < -0.39 is 18.2 Å². The Bertz CT molecular complexity index is 192. The SMILES string of the molecule is CCCN1C(=O)NC(=O)C1O. The Morgan fingerprint density at radius 2 is 2.27 bits per heavy atom. The molecule has 1 fully saturated rings. The van der Waals surface area contributed by atoms with Gasteiger partial charge in [-0.2, -0.15) is 0 Å². The zero-order chi connectivity index (χ0) is 8.43. The van der Waals surface area contributed by atoms with Gasteiger partial charge in [0.25, 0.3) is 5.91 Å². The lowest BCUT2D eigenvalue weighted by Gasteiger charge is -2.15. The fourth-order valence-corrected chi connectivity index (χ4v) is 0.959. The van der Waals surface area contributed by atoms with Crippen molar-refractivity contribution < 1.29 is 14.7 Å². The quantitative estimate of drug-likeness (QED) is 0.520. The van der Waals surface area contributed by atoms with Gasteiger partial charge in [0, 0.05) is 6.54 Å². The minimum atomic E-state index is -1.29. The maximum atomic E-state index is 10.8. The molecule has 1 rings (SSSR count). The van der Waals surface area contributed by atoms with Gasteiger partial charge in [-0.3, -0.25) is 15.0 Å². The fraction of sp³-hybridized carbons (Fsp3) is 0.667. The largest absolute Gasteiger partial charge is 0.365 e. The van der Waals surface area contributed by atoms with Crippen molar-refractivity contribution in [1.29, 1.82) is 0 Å². The van der Waals surface area contributed by atoms with E-state index >= 15 is 0 Å². The maximum Gasteiger partial charge on any atom is 0.326 e. The van der Waals surface area contributed by atoms with Crippen LogP contribution in [0.25, 0.3) is 0 Å². The molecule has 1 aliphatic heterocycles. The third-order valence-corrected chi connectivity index (χ3v) is 1.49. The molecule has 11 heavy (non-hydrogen) atoms. The Labute approximate surface area is 64.0 Å². The third kappa shape index (κ3) is 1.32. The molecule has 62 valence electrons. The zero-order valence-corrected chi connectivity index (χ0v) is 6.20. The van der Waals surface area contributed by atoms with Crippen LogP contribution in [0.15, 0.2) is 0 Å². The van der Waals surface area contributed by atoms with Gasteiger partial charge in [-0.25, -0.2) is 4.79 Å². The molecule has 1 heterocycles. The van der Waals surface area contributed by atoms with Gasteiger partial charge in [0.15, 0.2) is 0 Å². The predicted molar refractivity (Wildman–Crippen MR) is 36.5 cm³/mol. The third-order valence-electron chi connectivity index (χ3n) is 1.49. The van der Waals surface area contributed by atoms with Crippen LogP contribution in [0.5, 0.6) is 0 Å². The molecule has 2 N–H and O–H groups in total. The van der Waals surface area contributed by atoms with Gasteiger partial charge in [0.2, 0.25) is 6.23 Å². The van der Waals surface area contributed by atoms with Crippen LogP contribution >= 0.6 is 0 Å². The molecule has 3 amide bonds. The summed E-state index contributed by atoms with van der Waals surface area (Å²) < 4.78 is 0. The first-order chi connectivity index (χ1) is 5.16. The van der Waals surface area contributed by atoms with Crippen LogP contribution in [0, 0.1) is 0 Å². The maximum absolute atomic E-state index is 10.8. The summed E-state index contributed by atoms with van der Waals surface area (Å²) in [6.07, 6.45) is -0.569. The number of hydrogen-bond acceptors (Lipinski definition) is 3. The highest BCUT2D eigenvalue weighted by molar-refractivity contribution is 6.03. The number of urea groups is 1. The minimum Gasteiger partial charge on any atom is -0.365 e. The number of aliphatic hydroxyl groups excluding tert-OH is 1. The second-order valence-electron chi connectivity index (χ2n) is 2.36. The Morgan fingerprint density at radius 3 is 2.64 bits per heavy atom. The highest BCUT2D eigenvalue weighted by Gasteiger charge is 2.35. The molecule has 0 aromatic rings. The topological polar surface area (TPSA) is 69.6 Å². The molecule has 0 spiro atoms. The highest BCUT2D eigenvalue weighted by atomic mass is 16.3. The number of aliphatic hydroxyl groups is 1. The highest BCUT2D eigenvalue weighted by Crippen LogP contribution is 2.05. The number of nitrogens with zero attached hydrogens (tertiary/aromatic N) is 1. The van der Waals surface area contributed by atoms with E-state index in [1.165, 1.54) is 0 Å². The van der Waals surface area contributed by atoms with E-state index in [0.717, 1.165) is 11.3 Å². The Balaban J connectivity index is 2.63. The molecule has 0 aromatic carbocycles. The Morgan fingerprint density at radius 1 is 1.64 bits per heavy atom. The molecule has 1 atom stereocenters. The summed E-state index contributed by atoms with van der Waals surface area (Å²) in [6.45, 7) is 2.27. The van der Waals surface area contributed by atoms with Crippen molar-refractivity contribution in [3.63, 3.8) is 0 Å².